The number of hydrogen-bond donors (Lipinski definition) is 3. The first-order chi connectivity index (χ1) is 18.1. The third-order valence-corrected chi connectivity index (χ3v) is 7.67. The largest absolute Gasteiger partial charge is 0.478 e. The highest BCUT2D eigenvalue weighted by atomic mass is 32.2. The van der Waals surface area contributed by atoms with E-state index in [-0.39, 0.29) is 41.0 Å². The summed E-state index contributed by atoms with van der Waals surface area (Å²) in [6, 6.07) is 12.2. The Kier molecular flexibility index (Phi) is 8.60. The Hall–Kier alpha value is -3.54. The van der Waals surface area contributed by atoms with Crippen LogP contribution in [0.3, 0.4) is 0 Å². The lowest BCUT2D eigenvalue weighted by atomic mass is 10.00. The second kappa shape index (κ2) is 11.9. The first-order valence-corrected chi connectivity index (χ1v) is 13.9. The standard InChI is InChI=1S/C27H32N4O6S/c1-17-7-5-8-18(2)25(17)23-15-24(37-16-20(28)14-21-10-3-4-12-36-21)30-27(29-23)31-38(34,35)22-11-6-9-19(13-22)26(32)33/h5-9,11,13,15,20-21H,3-4,10,12,14,16,28H2,1-2H3,(H,32,33)(H,29,30,31)/t20-,21-/m1/s1. The molecule has 2 atom stereocenters. The number of aryl methyl sites for hydroxylation is 2. The molecule has 1 aliphatic rings. The minimum absolute atomic E-state index is 0.0989. The van der Waals surface area contributed by atoms with Gasteiger partial charge in [0.25, 0.3) is 10.0 Å². The zero-order chi connectivity index (χ0) is 27.3. The summed E-state index contributed by atoms with van der Waals surface area (Å²) in [5.74, 6) is -1.28. The summed E-state index contributed by atoms with van der Waals surface area (Å²) in [7, 11) is -4.19. The number of ether oxygens (including phenoxy) is 2. The van der Waals surface area contributed by atoms with Crippen LogP contribution in [0.5, 0.6) is 5.88 Å². The topological polar surface area (TPSA) is 154 Å². The number of carbonyl (C=O) groups is 1. The van der Waals surface area contributed by atoms with Crippen molar-refractivity contribution in [2.45, 2.75) is 56.6 Å². The molecule has 11 heteroatoms. The van der Waals surface area contributed by atoms with Gasteiger partial charge in [-0.05, 0) is 68.9 Å². The van der Waals surface area contributed by atoms with Gasteiger partial charge >= 0.3 is 5.97 Å². The third kappa shape index (κ3) is 6.85. The average Bonchev–Trinajstić information content (AvgIpc) is 2.88. The zero-order valence-electron chi connectivity index (χ0n) is 21.4. The van der Waals surface area contributed by atoms with E-state index in [9.17, 15) is 18.3 Å². The van der Waals surface area contributed by atoms with Crippen molar-refractivity contribution in [3.63, 3.8) is 0 Å². The number of carboxylic acids is 1. The molecule has 0 aliphatic carbocycles. The van der Waals surface area contributed by atoms with Crippen molar-refractivity contribution in [1.82, 2.24) is 9.97 Å². The molecule has 3 aromatic rings. The van der Waals surface area contributed by atoms with Crippen molar-refractivity contribution in [2.24, 2.45) is 5.73 Å². The SMILES string of the molecule is Cc1cccc(C)c1-c1cc(OC[C@H](N)C[C@H]2CCCCO2)nc(NS(=O)(=O)c2cccc(C(=O)O)c2)n1. The van der Waals surface area contributed by atoms with Crippen LogP contribution in [0.15, 0.2) is 53.4 Å². The molecule has 1 fully saturated rings. The quantitative estimate of drug-likeness (QED) is 0.347. The van der Waals surface area contributed by atoms with Crippen LogP contribution in [-0.4, -0.2) is 54.8 Å². The molecule has 38 heavy (non-hydrogen) atoms. The van der Waals surface area contributed by atoms with E-state index < -0.39 is 16.0 Å². The van der Waals surface area contributed by atoms with Crippen molar-refractivity contribution < 1.29 is 27.8 Å². The molecule has 4 N–H and O–H groups in total. The lowest BCUT2D eigenvalue weighted by Crippen LogP contribution is -2.34. The number of nitrogens with two attached hydrogens (primary N) is 1. The van der Waals surface area contributed by atoms with Crippen molar-refractivity contribution in [1.29, 1.82) is 0 Å². The molecule has 0 bridgehead atoms. The maximum absolute atomic E-state index is 13.1. The first kappa shape index (κ1) is 27.5. The molecule has 202 valence electrons. The summed E-state index contributed by atoms with van der Waals surface area (Å²) in [6.07, 6.45) is 3.88. The van der Waals surface area contributed by atoms with Gasteiger partial charge in [0, 0.05) is 24.3 Å². The molecule has 0 unspecified atom stereocenters. The molecule has 4 rings (SSSR count). The summed E-state index contributed by atoms with van der Waals surface area (Å²) in [5, 5.41) is 9.25. The van der Waals surface area contributed by atoms with Gasteiger partial charge in [-0.1, -0.05) is 24.3 Å². The Bertz CT molecular complexity index is 1390. The average molecular weight is 541 g/mol. The van der Waals surface area contributed by atoms with E-state index in [4.69, 9.17) is 15.2 Å². The Morgan fingerprint density at radius 1 is 1.16 bits per heavy atom. The normalized spacial score (nSPS) is 16.6. The van der Waals surface area contributed by atoms with Gasteiger partial charge in [0.1, 0.15) is 6.61 Å². The van der Waals surface area contributed by atoms with Gasteiger partial charge in [-0.25, -0.2) is 22.9 Å². The minimum Gasteiger partial charge on any atom is -0.478 e. The zero-order valence-corrected chi connectivity index (χ0v) is 22.2. The predicted octanol–water partition coefficient (Wildman–Crippen LogP) is 3.92. The molecule has 2 heterocycles. The summed E-state index contributed by atoms with van der Waals surface area (Å²) in [5.41, 5.74) is 9.34. The Labute approximate surface area is 222 Å². The van der Waals surface area contributed by atoms with Crippen LogP contribution in [0.4, 0.5) is 5.95 Å². The fourth-order valence-corrected chi connectivity index (χ4v) is 5.45. The van der Waals surface area contributed by atoms with Gasteiger partial charge in [-0.2, -0.15) is 4.98 Å². The number of aromatic nitrogens is 2. The smallest absolute Gasteiger partial charge is 0.335 e. The van der Waals surface area contributed by atoms with E-state index in [0.29, 0.717) is 12.1 Å². The van der Waals surface area contributed by atoms with Crippen LogP contribution in [0.2, 0.25) is 0 Å². The lowest BCUT2D eigenvalue weighted by molar-refractivity contribution is 0.00479. The van der Waals surface area contributed by atoms with E-state index in [0.717, 1.165) is 48.6 Å². The van der Waals surface area contributed by atoms with Crippen LogP contribution in [0.1, 0.15) is 47.2 Å². The molecule has 0 spiro atoms. The van der Waals surface area contributed by atoms with Gasteiger partial charge in [0.15, 0.2) is 0 Å². The van der Waals surface area contributed by atoms with Gasteiger partial charge in [-0.3, -0.25) is 0 Å². The molecule has 10 nitrogen and oxygen atoms in total. The van der Waals surface area contributed by atoms with E-state index in [2.05, 4.69) is 14.7 Å². The van der Waals surface area contributed by atoms with Crippen LogP contribution in [-0.2, 0) is 14.8 Å². The Balaban J connectivity index is 1.62. The number of rotatable bonds is 10. The molecule has 0 amide bonds. The minimum atomic E-state index is -4.19. The predicted molar refractivity (Wildman–Crippen MR) is 143 cm³/mol. The van der Waals surface area contributed by atoms with Crippen molar-refractivity contribution in [2.75, 3.05) is 17.9 Å². The molecule has 1 aliphatic heterocycles. The van der Waals surface area contributed by atoms with Gasteiger partial charge < -0.3 is 20.3 Å². The van der Waals surface area contributed by atoms with E-state index in [1.807, 2.05) is 32.0 Å². The second-order valence-corrected chi connectivity index (χ2v) is 11.1. The van der Waals surface area contributed by atoms with Crippen LogP contribution < -0.4 is 15.2 Å². The Morgan fingerprint density at radius 3 is 2.58 bits per heavy atom. The molecule has 1 aromatic heterocycles. The lowest BCUT2D eigenvalue weighted by Gasteiger charge is -2.25. The second-order valence-electron chi connectivity index (χ2n) is 9.42. The Morgan fingerprint density at radius 2 is 1.89 bits per heavy atom. The molecule has 2 aromatic carbocycles. The highest BCUT2D eigenvalue weighted by Crippen LogP contribution is 2.29. The van der Waals surface area contributed by atoms with E-state index in [1.165, 1.54) is 18.2 Å². The number of carboxylic acid groups (broad SMARTS) is 1. The monoisotopic (exact) mass is 540 g/mol. The maximum atomic E-state index is 13.1. The molecule has 0 saturated carbocycles. The van der Waals surface area contributed by atoms with E-state index in [1.54, 1.807) is 6.07 Å². The first-order valence-electron chi connectivity index (χ1n) is 12.4. The highest BCUT2D eigenvalue weighted by Gasteiger charge is 2.21. The fourth-order valence-electron chi connectivity index (χ4n) is 4.46. The maximum Gasteiger partial charge on any atom is 0.335 e. The van der Waals surface area contributed by atoms with Crippen LogP contribution >= 0.6 is 0 Å². The number of aromatic carboxylic acids is 1. The van der Waals surface area contributed by atoms with Crippen molar-refractivity contribution >= 4 is 21.9 Å². The number of sulfonamides is 1. The molecule has 1 saturated heterocycles. The van der Waals surface area contributed by atoms with E-state index >= 15 is 0 Å². The van der Waals surface area contributed by atoms with Crippen molar-refractivity contribution in [3.8, 4) is 17.1 Å². The number of hydrogen-bond acceptors (Lipinski definition) is 8. The fraction of sp³-hybridized carbons (Fsp3) is 0.370. The number of nitrogens with one attached hydrogen (secondary N) is 1. The molecule has 0 radical (unpaired) electrons. The molecular weight excluding hydrogens is 508 g/mol. The van der Waals surface area contributed by atoms with Crippen LogP contribution in [0, 0.1) is 13.8 Å². The molecular formula is C27H32N4O6S. The number of nitrogens with zero attached hydrogens (tertiary/aromatic N) is 2. The van der Waals surface area contributed by atoms with Crippen molar-refractivity contribution in [3.05, 3.63) is 65.2 Å². The summed E-state index contributed by atoms with van der Waals surface area (Å²) in [6.45, 7) is 4.77. The highest BCUT2D eigenvalue weighted by molar-refractivity contribution is 7.92. The van der Waals surface area contributed by atoms with Gasteiger partial charge in [-0.15, -0.1) is 0 Å². The summed E-state index contributed by atoms with van der Waals surface area (Å²) >= 11 is 0. The number of benzene rings is 2. The van der Waals surface area contributed by atoms with Gasteiger partial charge in [0.2, 0.25) is 11.8 Å². The summed E-state index contributed by atoms with van der Waals surface area (Å²) < 4.78 is 40.3. The summed E-state index contributed by atoms with van der Waals surface area (Å²) in [4.78, 5) is 19.8. The third-order valence-electron chi connectivity index (χ3n) is 6.34. The van der Waals surface area contributed by atoms with Crippen LogP contribution in [0.25, 0.3) is 11.3 Å². The number of anilines is 1. The van der Waals surface area contributed by atoms with Gasteiger partial charge in [0.05, 0.1) is 22.3 Å².